The lowest BCUT2D eigenvalue weighted by atomic mass is 9.88. The molecule has 0 unspecified atom stereocenters. The summed E-state index contributed by atoms with van der Waals surface area (Å²) in [6.45, 7) is 10.7. The molecule has 0 spiro atoms. The van der Waals surface area contributed by atoms with Crippen molar-refractivity contribution < 1.29 is 9.31 Å². The van der Waals surface area contributed by atoms with Gasteiger partial charge in [-0.25, -0.2) is 0 Å². The zero-order valence-electron chi connectivity index (χ0n) is 14.2. The average molecular weight is 308 g/mol. The Labute approximate surface area is 134 Å². The van der Waals surface area contributed by atoms with Crippen LogP contribution in [0.15, 0.2) is 12.1 Å². The van der Waals surface area contributed by atoms with Crippen LogP contribution in [-0.4, -0.2) is 18.3 Å². The summed E-state index contributed by atoms with van der Waals surface area (Å²) in [4.78, 5) is 1.45. The monoisotopic (exact) mass is 308 g/mol. The van der Waals surface area contributed by atoms with Gasteiger partial charge in [-0.1, -0.05) is 38.7 Å². The Hall–Kier alpha value is -0.315. The van der Waals surface area contributed by atoms with E-state index >= 15 is 0 Å². The fourth-order valence-corrected chi connectivity index (χ4v) is 3.53. The fourth-order valence-electron chi connectivity index (χ4n) is 2.52. The second-order valence-corrected chi connectivity index (χ2v) is 8.26. The van der Waals surface area contributed by atoms with Crippen molar-refractivity contribution in [3.63, 3.8) is 0 Å². The van der Waals surface area contributed by atoms with Crippen molar-refractivity contribution in [2.24, 2.45) is 0 Å². The van der Waals surface area contributed by atoms with Gasteiger partial charge in [0.2, 0.25) is 0 Å². The van der Waals surface area contributed by atoms with Gasteiger partial charge in [0.1, 0.15) is 0 Å². The van der Waals surface area contributed by atoms with Gasteiger partial charge >= 0.3 is 7.12 Å². The molecule has 0 radical (unpaired) electrons. The molecule has 1 aliphatic heterocycles. The molecular formula is C17H29BO2S. The van der Waals surface area contributed by atoms with Crippen LogP contribution in [0.1, 0.15) is 71.6 Å². The number of hydrogen-bond donors (Lipinski definition) is 0. The van der Waals surface area contributed by atoms with Crippen LogP contribution in [0.5, 0.6) is 0 Å². The molecule has 2 rings (SSSR count). The molecule has 1 aromatic heterocycles. The third-order valence-corrected chi connectivity index (χ3v) is 5.86. The van der Waals surface area contributed by atoms with Gasteiger partial charge in [-0.15, -0.1) is 11.3 Å². The van der Waals surface area contributed by atoms with Gasteiger partial charge < -0.3 is 9.31 Å². The standard InChI is InChI=1S/C17H29BO2S/c1-6-7-8-9-10-11-14-12-13-15(21-14)18-19-16(2,3)17(4,5)20-18/h12-13H,6-11H2,1-5H3. The Kier molecular flexibility index (Phi) is 5.56. The van der Waals surface area contributed by atoms with Crippen LogP contribution >= 0.6 is 11.3 Å². The van der Waals surface area contributed by atoms with Crippen LogP contribution in [0.25, 0.3) is 0 Å². The van der Waals surface area contributed by atoms with Gasteiger partial charge in [0, 0.05) is 9.65 Å². The van der Waals surface area contributed by atoms with E-state index in [9.17, 15) is 0 Å². The molecule has 21 heavy (non-hydrogen) atoms. The third-order valence-electron chi connectivity index (χ3n) is 4.69. The SMILES string of the molecule is CCCCCCCc1ccc(B2OC(C)(C)C(C)(C)O2)s1. The van der Waals surface area contributed by atoms with Crippen molar-refractivity contribution >= 4 is 23.2 Å². The van der Waals surface area contributed by atoms with Crippen LogP contribution < -0.4 is 4.78 Å². The van der Waals surface area contributed by atoms with E-state index < -0.39 is 0 Å². The molecule has 0 bridgehead atoms. The van der Waals surface area contributed by atoms with Crippen molar-refractivity contribution in [1.29, 1.82) is 0 Å². The van der Waals surface area contributed by atoms with E-state index in [1.807, 2.05) is 11.3 Å². The molecule has 1 aliphatic rings. The molecular weight excluding hydrogens is 279 g/mol. The highest BCUT2D eigenvalue weighted by molar-refractivity contribution is 7.22. The van der Waals surface area contributed by atoms with Gasteiger partial charge in [-0.2, -0.15) is 0 Å². The van der Waals surface area contributed by atoms with Crippen molar-refractivity contribution in [3.8, 4) is 0 Å². The maximum absolute atomic E-state index is 6.11. The summed E-state index contributed by atoms with van der Waals surface area (Å²) in [7, 11) is -0.200. The molecule has 0 atom stereocenters. The number of unbranched alkanes of at least 4 members (excludes halogenated alkanes) is 4. The number of hydrogen-bond acceptors (Lipinski definition) is 3. The second-order valence-electron chi connectivity index (χ2n) is 7.06. The van der Waals surface area contributed by atoms with Crippen molar-refractivity contribution in [3.05, 3.63) is 17.0 Å². The highest BCUT2D eigenvalue weighted by atomic mass is 32.1. The molecule has 1 aromatic rings. The van der Waals surface area contributed by atoms with Crippen molar-refractivity contribution in [2.75, 3.05) is 0 Å². The van der Waals surface area contributed by atoms with E-state index in [4.69, 9.17) is 9.31 Å². The molecule has 0 saturated carbocycles. The first kappa shape index (κ1) is 17.0. The summed E-state index contributed by atoms with van der Waals surface area (Å²) in [6, 6.07) is 4.42. The topological polar surface area (TPSA) is 18.5 Å². The zero-order chi connectivity index (χ0) is 15.5. The number of thiophene rings is 1. The first-order valence-electron chi connectivity index (χ1n) is 8.30. The molecule has 0 aromatic carbocycles. The lowest BCUT2D eigenvalue weighted by Gasteiger charge is -2.32. The quantitative estimate of drug-likeness (QED) is 0.543. The smallest absolute Gasteiger partial charge is 0.399 e. The Morgan fingerprint density at radius 3 is 2.19 bits per heavy atom. The highest BCUT2D eigenvalue weighted by Gasteiger charge is 2.52. The molecule has 2 heterocycles. The molecule has 0 aliphatic carbocycles. The zero-order valence-corrected chi connectivity index (χ0v) is 15.0. The lowest BCUT2D eigenvalue weighted by molar-refractivity contribution is 0.00578. The molecule has 0 amide bonds. The van der Waals surface area contributed by atoms with Gasteiger partial charge in [0.25, 0.3) is 0 Å². The van der Waals surface area contributed by atoms with Crippen LogP contribution in [0.2, 0.25) is 0 Å². The Bertz CT molecular complexity index is 437. The summed E-state index contributed by atoms with van der Waals surface area (Å²) in [5, 5.41) is 0. The first-order chi connectivity index (χ1) is 9.86. The summed E-state index contributed by atoms with van der Waals surface area (Å²) in [5.74, 6) is 0. The Morgan fingerprint density at radius 2 is 1.57 bits per heavy atom. The summed E-state index contributed by atoms with van der Waals surface area (Å²) in [5.41, 5.74) is -0.496. The predicted octanol–water partition coefficient (Wildman–Crippen LogP) is 4.56. The molecule has 118 valence electrons. The Morgan fingerprint density at radius 1 is 0.952 bits per heavy atom. The predicted molar refractivity (Wildman–Crippen MR) is 92.5 cm³/mol. The molecule has 2 nitrogen and oxygen atoms in total. The normalized spacial score (nSPS) is 20.1. The third kappa shape index (κ3) is 4.11. The minimum Gasteiger partial charge on any atom is -0.399 e. The molecule has 1 fully saturated rings. The highest BCUT2D eigenvalue weighted by Crippen LogP contribution is 2.37. The summed E-state index contributed by atoms with van der Waals surface area (Å²) < 4.78 is 13.4. The van der Waals surface area contributed by atoms with E-state index in [2.05, 4.69) is 46.8 Å². The first-order valence-corrected chi connectivity index (χ1v) is 9.11. The van der Waals surface area contributed by atoms with E-state index in [-0.39, 0.29) is 18.3 Å². The second kappa shape index (κ2) is 6.85. The Balaban J connectivity index is 1.86. The number of rotatable bonds is 7. The minimum absolute atomic E-state index is 0.200. The fraction of sp³-hybridized carbons (Fsp3) is 0.765. The summed E-state index contributed by atoms with van der Waals surface area (Å²) >= 11 is 1.85. The van der Waals surface area contributed by atoms with Crippen molar-refractivity contribution in [1.82, 2.24) is 0 Å². The maximum Gasteiger partial charge on any atom is 0.505 e. The van der Waals surface area contributed by atoms with Gasteiger partial charge in [0.15, 0.2) is 0 Å². The van der Waals surface area contributed by atoms with Crippen LogP contribution in [0.4, 0.5) is 0 Å². The molecule has 0 N–H and O–H groups in total. The van der Waals surface area contributed by atoms with Gasteiger partial charge in [-0.05, 0) is 46.6 Å². The van der Waals surface area contributed by atoms with Crippen LogP contribution in [0, 0.1) is 0 Å². The van der Waals surface area contributed by atoms with Crippen LogP contribution in [0.3, 0.4) is 0 Å². The minimum atomic E-state index is -0.248. The summed E-state index contributed by atoms with van der Waals surface area (Å²) in [6.07, 6.45) is 7.87. The average Bonchev–Trinajstić information content (AvgIpc) is 2.93. The van der Waals surface area contributed by atoms with E-state index in [0.717, 1.165) is 0 Å². The van der Waals surface area contributed by atoms with Crippen LogP contribution in [-0.2, 0) is 15.7 Å². The van der Waals surface area contributed by atoms with Gasteiger partial charge in [-0.3, -0.25) is 0 Å². The lowest BCUT2D eigenvalue weighted by Crippen LogP contribution is -2.41. The molecule has 1 saturated heterocycles. The van der Waals surface area contributed by atoms with Crippen molar-refractivity contribution in [2.45, 2.75) is 84.3 Å². The van der Waals surface area contributed by atoms with E-state index in [1.54, 1.807) is 0 Å². The number of aryl methyl sites for hydroxylation is 1. The van der Waals surface area contributed by atoms with E-state index in [0.29, 0.717) is 0 Å². The molecule has 4 heteroatoms. The maximum atomic E-state index is 6.11. The van der Waals surface area contributed by atoms with Gasteiger partial charge in [0.05, 0.1) is 11.2 Å². The largest absolute Gasteiger partial charge is 0.505 e. The van der Waals surface area contributed by atoms with E-state index in [1.165, 1.54) is 48.2 Å².